The number of imidazole rings is 1. The number of aromatic nitrogens is 2. The first-order chi connectivity index (χ1) is 18.2. The first kappa shape index (κ1) is 24.1. The van der Waals surface area contributed by atoms with Crippen molar-refractivity contribution < 1.29 is 22.8 Å². The maximum Gasteiger partial charge on any atom is 0.416 e. The van der Waals surface area contributed by atoms with E-state index in [1.807, 2.05) is 0 Å². The Kier molecular flexibility index (Phi) is 5.68. The van der Waals surface area contributed by atoms with Crippen LogP contribution < -0.4 is 0 Å². The van der Waals surface area contributed by atoms with Crippen molar-refractivity contribution in [1.82, 2.24) is 14.5 Å². The van der Waals surface area contributed by atoms with E-state index in [1.165, 1.54) is 11.0 Å². The van der Waals surface area contributed by atoms with Gasteiger partial charge < -0.3 is 0 Å². The third kappa shape index (κ3) is 3.90. The number of carbonyl (C=O) groups is 2. The predicted octanol–water partition coefficient (Wildman–Crippen LogP) is 5.73. The van der Waals surface area contributed by atoms with Crippen molar-refractivity contribution in [3.8, 4) is 5.69 Å². The van der Waals surface area contributed by atoms with Crippen LogP contribution in [0.25, 0.3) is 5.69 Å². The Morgan fingerprint density at radius 2 is 1.53 bits per heavy atom. The average Bonchev–Trinajstić information content (AvgIpc) is 3.35. The number of rotatable bonds is 4. The van der Waals surface area contributed by atoms with Crippen LogP contribution in [0.3, 0.4) is 0 Å². The number of amides is 2. The summed E-state index contributed by atoms with van der Waals surface area (Å²) < 4.78 is 42.9. The van der Waals surface area contributed by atoms with Gasteiger partial charge in [-0.2, -0.15) is 13.2 Å². The Bertz CT molecular complexity index is 1620. The van der Waals surface area contributed by atoms with Crippen LogP contribution in [-0.2, 0) is 19.1 Å². The molecule has 3 aromatic carbocycles. The fraction of sp³-hybridized carbons (Fsp3) is 0.143. The van der Waals surface area contributed by atoms with Gasteiger partial charge in [-0.15, -0.1) is 0 Å². The van der Waals surface area contributed by atoms with Crippen molar-refractivity contribution >= 4 is 29.1 Å². The van der Waals surface area contributed by atoms with E-state index in [0.29, 0.717) is 44.6 Å². The molecule has 3 heterocycles. The van der Waals surface area contributed by atoms with E-state index < -0.39 is 11.7 Å². The second-order valence-electron chi connectivity index (χ2n) is 8.93. The summed E-state index contributed by atoms with van der Waals surface area (Å²) in [6, 6.07) is 17.0. The van der Waals surface area contributed by atoms with Crippen LogP contribution in [0.2, 0.25) is 5.02 Å². The topological polar surface area (TPSA) is 67.6 Å². The van der Waals surface area contributed by atoms with Crippen LogP contribution in [0.5, 0.6) is 0 Å². The van der Waals surface area contributed by atoms with Crippen molar-refractivity contribution in [2.24, 2.45) is 4.99 Å². The van der Waals surface area contributed by atoms with Gasteiger partial charge in [-0.3, -0.25) is 24.0 Å². The number of fused-ring (bicyclic) bond motifs is 4. The summed E-state index contributed by atoms with van der Waals surface area (Å²) in [5.41, 5.74) is 2.08. The normalized spacial score (nSPS) is 14.6. The van der Waals surface area contributed by atoms with E-state index in [0.717, 1.165) is 12.1 Å². The lowest BCUT2D eigenvalue weighted by Gasteiger charge is -2.18. The monoisotopic (exact) mass is 534 g/mol. The minimum Gasteiger partial charge on any atom is -0.298 e. The van der Waals surface area contributed by atoms with E-state index in [-0.39, 0.29) is 36.9 Å². The third-order valence-electron chi connectivity index (χ3n) is 6.71. The molecule has 0 spiro atoms. The summed E-state index contributed by atoms with van der Waals surface area (Å²) in [6.07, 6.45) is -2.70. The number of alkyl halides is 3. The highest BCUT2D eigenvalue weighted by molar-refractivity contribution is 6.35. The highest BCUT2D eigenvalue weighted by Crippen LogP contribution is 2.35. The maximum atomic E-state index is 13.7. The summed E-state index contributed by atoms with van der Waals surface area (Å²) in [4.78, 5) is 35.9. The Hall–Kier alpha value is -4.24. The van der Waals surface area contributed by atoms with E-state index in [1.54, 1.807) is 59.3 Å². The Morgan fingerprint density at radius 3 is 2.18 bits per heavy atom. The molecular weight excluding hydrogens is 517 g/mol. The van der Waals surface area contributed by atoms with Crippen LogP contribution in [0.1, 0.15) is 48.9 Å². The van der Waals surface area contributed by atoms with Crippen molar-refractivity contribution in [2.75, 3.05) is 6.54 Å². The molecule has 0 radical (unpaired) electrons. The van der Waals surface area contributed by atoms with Gasteiger partial charge in [0.1, 0.15) is 5.82 Å². The molecule has 2 aliphatic rings. The van der Waals surface area contributed by atoms with Crippen molar-refractivity contribution in [3.63, 3.8) is 0 Å². The number of benzene rings is 3. The number of imide groups is 1. The minimum atomic E-state index is -4.56. The molecule has 6 nitrogen and oxygen atoms in total. The zero-order valence-electron chi connectivity index (χ0n) is 19.7. The lowest BCUT2D eigenvalue weighted by atomic mass is 9.98. The zero-order valence-corrected chi connectivity index (χ0v) is 20.4. The molecule has 190 valence electrons. The molecule has 0 unspecified atom stereocenters. The molecule has 0 fully saturated rings. The van der Waals surface area contributed by atoms with Gasteiger partial charge in [0.05, 0.1) is 34.6 Å². The van der Waals surface area contributed by atoms with Crippen molar-refractivity contribution in [2.45, 2.75) is 19.1 Å². The first-order valence-corrected chi connectivity index (χ1v) is 12.1. The Balaban J connectivity index is 1.41. The molecule has 0 aliphatic carbocycles. The molecule has 0 saturated heterocycles. The van der Waals surface area contributed by atoms with Crippen LogP contribution in [-0.4, -0.2) is 38.5 Å². The van der Waals surface area contributed by atoms with Gasteiger partial charge in [0.25, 0.3) is 11.8 Å². The Labute approximate surface area is 220 Å². The lowest BCUT2D eigenvalue weighted by molar-refractivity contribution is -0.137. The van der Waals surface area contributed by atoms with Gasteiger partial charge in [-0.1, -0.05) is 41.9 Å². The molecule has 4 aromatic rings. The molecule has 10 heteroatoms. The lowest BCUT2D eigenvalue weighted by Crippen LogP contribution is -2.32. The van der Waals surface area contributed by atoms with Gasteiger partial charge in [0.2, 0.25) is 0 Å². The number of aliphatic imine (C=N–C) groups is 1. The summed E-state index contributed by atoms with van der Waals surface area (Å²) in [7, 11) is 0. The molecule has 2 amide bonds. The largest absolute Gasteiger partial charge is 0.416 e. The fourth-order valence-electron chi connectivity index (χ4n) is 4.90. The number of hydrogen-bond donors (Lipinski definition) is 0. The molecule has 1 aromatic heterocycles. The van der Waals surface area contributed by atoms with E-state index in [2.05, 4.69) is 9.98 Å². The van der Waals surface area contributed by atoms with Crippen LogP contribution >= 0.6 is 11.6 Å². The summed E-state index contributed by atoms with van der Waals surface area (Å²) in [5, 5.41) is 0.361. The van der Waals surface area contributed by atoms with Crippen LogP contribution in [0, 0.1) is 0 Å². The first-order valence-electron chi connectivity index (χ1n) is 11.8. The van der Waals surface area contributed by atoms with E-state index in [9.17, 15) is 22.8 Å². The second kappa shape index (κ2) is 8.95. The fourth-order valence-corrected chi connectivity index (χ4v) is 5.12. The molecule has 0 saturated carbocycles. The zero-order chi connectivity index (χ0) is 26.6. The predicted molar refractivity (Wildman–Crippen MR) is 135 cm³/mol. The number of halogens is 4. The number of hydrogen-bond acceptors (Lipinski definition) is 4. The van der Waals surface area contributed by atoms with Gasteiger partial charge in [0, 0.05) is 41.0 Å². The van der Waals surface area contributed by atoms with Crippen LogP contribution in [0.15, 0.2) is 77.9 Å². The minimum absolute atomic E-state index is 0.0890. The third-order valence-corrected chi connectivity index (χ3v) is 7.03. The summed E-state index contributed by atoms with van der Waals surface area (Å²) >= 11 is 6.42. The molecule has 0 bridgehead atoms. The second-order valence-corrected chi connectivity index (χ2v) is 9.34. The standard InChI is InChI=1S/C28H18ClF3N4O2/c29-22-8-4-3-7-20(22)25-21-13-16(28(30,31)32)9-10-23(21)36-17(14-33-24(36)15-34-25)11-12-35-26(37)18-5-1-2-6-19(18)27(35)38/h1-10,13-14H,11-12,15H2. The number of carbonyl (C=O) groups excluding carboxylic acids is 2. The van der Waals surface area contributed by atoms with Crippen molar-refractivity contribution in [1.29, 1.82) is 0 Å². The van der Waals surface area contributed by atoms with E-state index in [4.69, 9.17) is 11.6 Å². The highest BCUT2D eigenvalue weighted by atomic mass is 35.5. The smallest absolute Gasteiger partial charge is 0.298 e. The molecular formula is C28H18ClF3N4O2. The van der Waals surface area contributed by atoms with Gasteiger partial charge in [-0.25, -0.2) is 4.98 Å². The average molecular weight is 535 g/mol. The van der Waals surface area contributed by atoms with Gasteiger partial charge in [-0.05, 0) is 36.4 Å². The molecule has 2 aliphatic heterocycles. The maximum absolute atomic E-state index is 13.7. The summed E-state index contributed by atoms with van der Waals surface area (Å²) in [5.74, 6) is -0.230. The summed E-state index contributed by atoms with van der Waals surface area (Å²) in [6.45, 7) is 0.190. The van der Waals surface area contributed by atoms with Crippen molar-refractivity contribution in [3.05, 3.63) is 117 Å². The highest BCUT2D eigenvalue weighted by Gasteiger charge is 2.36. The number of nitrogens with zero attached hydrogens (tertiary/aromatic N) is 4. The molecule has 0 atom stereocenters. The van der Waals surface area contributed by atoms with Gasteiger partial charge in [0.15, 0.2) is 0 Å². The molecule has 6 rings (SSSR count). The quantitative estimate of drug-likeness (QED) is 0.314. The van der Waals surface area contributed by atoms with Gasteiger partial charge >= 0.3 is 6.18 Å². The van der Waals surface area contributed by atoms with Crippen LogP contribution in [0.4, 0.5) is 13.2 Å². The SMILES string of the molecule is O=C1c2ccccc2C(=O)N1CCc1cnc2n1-c1ccc(C(F)(F)F)cc1C(c1ccccc1Cl)=NC2. The molecule has 38 heavy (non-hydrogen) atoms. The molecule has 0 N–H and O–H groups in total. The Morgan fingerprint density at radius 1 is 0.868 bits per heavy atom. The van der Waals surface area contributed by atoms with E-state index >= 15 is 0 Å².